The fraction of sp³-hybridized carbons (Fsp3) is 0.304. The molecule has 1 aromatic carbocycles. The number of fused-ring (bicyclic) bond motifs is 1. The van der Waals surface area contributed by atoms with Crippen molar-refractivity contribution in [2.45, 2.75) is 26.4 Å². The Hall–Kier alpha value is -3.68. The number of nitrogens with zero attached hydrogens (tertiary/aromatic N) is 3. The molecule has 2 aromatic heterocycles. The molecule has 3 heterocycles. The van der Waals surface area contributed by atoms with Crippen molar-refractivity contribution >= 4 is 23.3 Å². The van der Waals surface area contributed by atoms with Crippen molar-refractivity contribution in [3.63, 3.8) is 0 Å². The third-order valence-corrected chi connectivity index (χ3v) is 5.36. The molecule has 4 rings (SSSR count). The highest BCUT2D eigenvalue weighted by Crippen LogP contribution is 2.20. The zero-order valence-electron chi connectivity index (χ0n) is 17.3. The summed E-state index contributed by atoms with van der Waals surface area (Å²) in [4.78, 5) is 43.2. The summed E-state index contributed by atoms with van der Waals surface area (Å²) in [6, 6.07) is 14.1. The third-order valence-electron chi connectivity index (χ3n) is 5.36. The number of urea groups is 1. The van der Waals surface area contributed by atoms with Crippen LogP contribution < -0.4 is 10.9 Å². The first kappa shape index (κ1) is 20.6. The van der Waals surface area contributed by atoms with Gasteiger partial charge < -0.3 is 15.0 Å². The van der Waals surface area contributed by atoms with Gasteiger partial charge in [-0.15, -0.1) is 0 Å². The van der Waals surface area contributed by atoms with Gasteiger partial charge in [0, 0.05) is 31.0 Å². The van der Waals surface area contributed by atoms with E-state index in [4.69, 9.17) is 4.74 Å². The van der Waals surface area contributed by atoms with E-state index < -0.39 is 0 Å². The lowest BCUT2D eigenvalue weighted by Crippen LogP contribution is -2.42. The molecular weight excluding hydrogens is 396 g/mol. The Morgan fingerprint density at radius 3 is 2.61 bits per heavy atom. The largest absolute Gasteiger partial charge is 0.459 e. The summed E-state index contributed by atoms with van der Waals surface area (Å²) < 4.78 is 6.89. The highest BCUT2D eigenvalue weighted by molar-refractivity contribution is 5.89. The Balaban J connectivity index is 1.29. The maximum Gasteiger partial charge on any atom is 0.321 e. The van der Waals surface area contributed by atoms with E-state index in [-0.39, 0.29) is 30.1 Å². The average molecular weight is 420 g/mol. The summed E-state index contributed by atoms with van der Waals surface area (Å²) in [5.74, 6) is -0.598. The molecule has 0 radical (unpaired) electrons. The van der Waals surface area contributed by atoms with E-state index in [1.165, 1.54) is 10.5 Å². The number of anilines is 1. The lowest BCUT2D eigenvalue weighted by Gasteiger charge is -2.30. The summed E-state index contributed by atoms with van der Waals surface area (Å²) in [6.45, 7) is 2.81. The van der Waals surface area contributed by atoms with Crippen LogP contribution in [0.15, 0.2) is 59.5 Å². The molecule has 8 heteroatoms. The van der Waals surface area contributed by atoms with Crippen molar-refractivity contribution < 1.29 is 14.3 Å². The predicted octanol–water partition coefficient (Wildman–Crippen LogP) is 2.99. The van der Waals surface area contributed by atoms with E-state index in [0.29, 0.717) is 37.3 Å². The third kappa shape index (κ3) is 4.91. The fourth-order valence-corrected chi connectivity index (χ4v) is 3.64. The highest BCUT2D eigenvalue weighted by Gasteiger charge is 2.28. The van der Waals surface area contributed by atoms with Crippen LogP contribution >= 0.6 is 0 Å². The lowest BCUT2D eigenvalue weighted by molar-refractivity contribution is -0.151. The Bertz CT molecular complexity index is 1150. The first-order valence-corrected chi connectivity index (χ1v) is 10.3. The normalized spacial score (nSPS) is 14.4. The predicted molar refractivity (Wildman–Crippen MR) is 116 cm³/mol. The van der Waals surface area contributed by atoms with Gasteiger partial charge in [0.1, 0.15) is 12.3 Å². The molecule has 1 N–H and O–H groups in total. The van der Waals surface area contributed by atoms with Crippen LogP contribution in [0.25, 0.3) is 5.65 Å². The first-order chi connectivity index (χ1) is 15.0. The average Bonchev–Trinajstić information content (AvgIpc) is 2.79. The standard InChI is InChI=1S/C23H24N4O4/c1-16-7-8-20-24-19(13-21(28)27(20)14-16)15-31-22(29)17-9-11-26(12-10-17)23(30)25-18-5-3-2-4-6-18/h2-8,13-14,17H,9-12,15H2,1H3,(H,25,30). The van der Waals surface area contributed by atoms with Crippen LogP contribution in [0, 0.1) is 12.8 Å². The number of hydrogen-bond donors (Lipinski definition) is 1. The summed E-state index contributed by atoms with van der Waals surface area (Å²) in [5.41, 5.74) is 2.42. The zero-order chi connectivity index (χ0) is 21.8. The van der Waals surface area contributed by atoms with Crippen molar-refractivity contribution in [2.24, 2.45) is 5.92 Å². The molecule has 160 valence electrons. The minimum atomic E-state index is -0.325. The number of rotatable bonds is 4. The number of aromatic nitrogens is 2. The van der Waals surface area contributed by atoms with Crippen molar-refractivity contribution in [3.05, 3.63) is 76.3 Å². The minimum Gasteiger partial charge on any atom is -0.459 e. The number of amides is 2. The van der Waals surface area contributed by atoms with Gasteiger partial charge in [-0.25, -0.2) is 9.78 Å². The van der Waals surface area contributed by atoms with Crippen LogP contribution in [-0.2, 0) is 16.1 Å². The fourth-order valence-electron chi connectivity index (χ4n) is 3.64. The Morgan fingerprint density at radius 1 is 1.13 bits per heavy atom. The number of pyridine rings is 1. The van der Waals surface area contributed by atoms with Gasteiger partial charge >= 0.3 is 12.0 Å². The molecule has 0 bridgehead atoms. The Labute approximate surface area is 179 Å². The molecule has 1 aliphatic heterocycles. The van der Waals surface area contributed by atoms with Gasteiger partial charge in [-0.3, -0.25) is 14.0 Å². The summed E-state index contributed by atoms with van der Waals surface area (Å²) >= 11 is 0. The number of likely N-dealkylation sites (tertiary alicyclic amines) is 1. The number of ether oxygens (including phenoxy) is 1. The number of carbonyl (C=O) groups excluding carboxylic acids is 2. The van der Waals surface area contributed by atoms with Gasteiger partial charge in [-0.05, 0) is 43.5 Å². The monoisotopic (exact) mass is 420 g/mol. The minimum absolute atomic E-state index is 0.0485. The quantitative estimate of drug-likeness (QED) is 0.655. The zero-order valence-corrected chi connectivity index (χ0v) is 17.3. The maximum absolute atomic E-state index is 12.5. The van der Waals surface area contributed by atoms with Gasteiger partial charge in [-0.1, -0.05) is 24.3 Å². The van der Waals surface area contributed by atoms with Crippen LogP contribution in [0.2, 0.25) is 0 Å². The number of benzene rings is 1. The van der Waals surface area contributed by atoms with Crippen molar-refractivity contribution in [1.29, 1.82) is 0 Å². The van der Waals surface area contributed by atoms with Gasteiger partial charge in [0.2, 0.25) is 0 Å². The summed E-state index contributed by atoms with van der Waals surface area (Å²) in [7, 11) is 0. The van der Waals surface area contributed by atoms with Crippen molar-refractivity contribution in [2.75, 3.05) is 18.4 Å². The van der Waals surface area contributed by atoms with Crippen LogP contribution in [0.3, 0.4) is 0 Å². The van der Waals surface area contributed by atoms with Gasteiger partial charge in [0.05, 0.1) is 11.6 Å². The van der Waals surface area contributed by atoms with E-state index in [1.54, 1.807) is 17.2 Å². The smallest absolute Gasteiger partial charge is 0.321 e. The number of aryl methyl sites for hydroxylation is 1. The molecular formula is C23H24N4O4. The lowest BCUT2D eigenvalue weighted by atomic mass is 9.97. The van der Waals surface area contributed by atoms with E-state index in [0.717, 1.165) is 11.3 Å². The van der Waals surface area contributed by atoms with Gasteiger partial charge in [0.25, 0.3) is 5.56 Å². The van der Waals surface area contributed by atoms with E-state index in [9.17, 15) is 14.4 Å². The molecule has 8 nitrogen and oxygen atoms in total. The van der Waals surface area contributed by atoms with Crippen LogP contribution in [0.5, 0.6) is 0 Å². The van der Waals surface area contributed by atoms with Crippen LogP contribution in [0.1, 0.15) is 24.1 Å². The second-order valence-electron chi connectivity index (χ2n) is 7.69. The van der Waals surface area contributed by atoms with E-state index in [1.807, 2.05) is 43.3 Å². The molecule has 0 spiro atoms. The summed E-state index contributed by atoms with van der Waals surface area (Å²) in [5, 5.41) is 2.86. The van der Waals surface area contributed by atoms with Crippen LogP contribution in [0.4, 0.5) is 10.5 Å². The molecule has 1 fully saturated rings. The molecule has 0 aliphatic carbocycles. The molecule has 2 amide bonds. The molecule has 3 aromatic rings. The molecule has 0 saturated carbocycles. The molecule has 0 unspecified atom stereocenters. The van der Waals surface area contributed by atoms with E-state index in [2.05, 4.69) is 10.3 Å². The number of piperidine rings is 1. The number of carbonyl (C=O) groups is 2. The number of hydrogen-bond acceptors (Lipinski definition) is 5. The second-order valence-corrected chi connectivity index (χ2v) is 7.69. The molecule has 1 aliphatic rings. The number of para-hydroxylation sites is 1. The number of esters is 1. The highest BCUT2D eigenvalue weighted by atomic mass is 16.5. The maximum atomic E-state index is 12.5. The summed E-state index contributed by atoms with van der Waals surface area (Å²) in [6.07, 6.45) is 2.80. The first-order valence-electron chi connectivity index (χ1n) is 10.3. The second kappa shape index (κ2) is 8.99. The van der Waals surface area contributed by atoms with Crippen molar-refractivity contribution in [3.8, 4) is 0 Å². The van der Waals surface area contributed by atoms with Crippen LogP contribution in [-0.4, -0.2) is 39.4 Å². The SMILES string of the molecule is Cc1ccc2nc(COC(=O)C3CCN(C(=O)Nc4ccccc4)CC3)cc(=O)n2c1. The molecule has 31 heavy (non-hydrogen) atoms. The van der Waals surface area contributed by atoms with E-state index >= 15 is 0 Å². The van der Waals surface area contributed by atoms with Crippen molar-refractivity contribution in [1.82, 2.24) is 14.3 Å². The topological polar surface area (TPSA) is 93.0 Å². The molecule has 1 saturated heterocycles. The Morgan fingerprint density at radius 2 is 1.87 bits per heavy atom. The number of nitrogens with one attached hydrogen (secondary N) is 1. The van der Waals surface area contributed by atoms with Gasteiger partial charge in [-0.2, -0.15) is 0 Å². The van der Waals surface area contributed by atoms with Gasteiger partial charge in [0.15, 0.2) is 0 Å². The molecule has 0 atom stereocenters. The Kier molecular flexibility index (Phi) is 5.97.